The van der Waals surface area contributed by atoms with Crippen LogP contribution in [-0.2, 0) is 16.6 Å². The number of rotatable bonds is 6. The quantitative estimate of drug-likeness (QED) is 0.546. The Morgan fingerprint density at radius 1 is 1.16 bits per heavy atom. The summed E-state index contributed by atoms with van der Waals surface area (Å²) in [6, 6.07) is 7.52. The lowest BCUT2D eigenvalue weighted by Crippen LogP contribution is -2.50. The van der Waals surface area contributed by atoms with Crippen LogP contribution in [0.15, 0.2) is 30.5 Å². The van der Waals surface area contributed by atoms with E-state index in [1.807, 2.05) is 29.2 Å². The van der Waals surface area contributed by atoms with Crippen LogP contribution in [0.25, 0.3) is 10.9 Å². The van der Waals surface area contributed by atoms with E-state index in [0.29, 0.717) is 37.7 Å². The molecule has 4 rings (SSSR count). The van der Waals surface area contributed by atoms with E-state index in [0.717, 1.165) is 10.9 Å². The second-order valence-electron chi connectivity index (χ2n) is 7.49. The maximum absolute atomic E-state index is 12.9. The predicted octanol–water partition coefficient (Wildman–Crippen LogP) is 0.870. The number of H-pyrrole nitrogens is 1. The first-order valence-electron chi connectivity index (χ1n) is 10.4. The molecule has 168 valence electrons. The van der Waals surface area contributed by atoms with Crippen LogP contribution in [0, 0.1) is 0 Å². The zero-order valence-corrected chi connectivity index (χ0v) is 18.0. The molecule has 0 spiro atoms. The molecule has 1 aromatic carbocycles. The molecule has 3 aromatic rings. The molecule has 0 bridgehead atoms. The molecule has 2 aromatic heterocycles. The standard InChI is InChI=1S/C21H25N7O4/c1-3-32-21(31)15-12-22-26(2)19(15)23-17(29)13-27-8-10-28(11-9-27)20(30)18-14-6-4-5-7-16(14)24-25-18/h4-7,12H,3,8-11,13H2,1-2H3,(H,23,29)(H,24,25). The van der Waals surface area contributed by atoms with Crippen molar-refractivity contribution >= 4 is 34.5 Å². The number of aromatic nitrogens is 4. The molecule has 2 N–H and O–H groups in total. The van der Waals surface area contributed by atoms with Gasteiger partial charge >= 0.3 is 5.97 Å². The number of nitrogens with one attached hydrogen (secondary N) is 2. The summed E-state index contributed by atoms with van der Waals surface area (Å²) in [4.78, 5) is 41.2. The molecular weight excluding hydrogens is 414 g/mol. The highest BCUT2D eigenvalue weighted by molar-refractivity contribution is 6.04. The van der Waals surface area contributed by atoms with Gasteiger partial charge in [0, 0.05) is 38.6 Å². The van der Waals surface area contributed by atoms with E-state index >= 15 is 0 Å². The van der Waals surface area contributed by atoms with Crippen LogP contribution in [-0.4, -0.2) is 86.9 Å². The second kappa shape index (κ2) is 9.18. The number of amides is 2. The maximum atomic E-state index is 12.9. The summed E-state index contributed by atoms with van der Waals surface area (Å²) in [6.07, 6.45) is 1.37. The molecule has 32 heavy (non-hydrogen) atoms. The van der Waals surface area contributed by atoms with E-state index in [1.54, 1.807) is 18.9 Å². The lowest BCUT2D eigenvalue weighted by Gasteiger charge is -2.34. The smallest absolute Gasteiger partial charge is 0.343 e. The molecule has 1 aliphatic rings. The second-order valence-corrected chi connectivity index (χ2v) is 7.49. The Labute approximate surface area is 184 Å². The van der Waals surface area contributed by atoms with Crippen LogP contribution in [0.3, 0.4) is 0 Å². The number of carbonyl (C=O) groups is 3. The van der Waals surface area contributed by atoms with Crippen LogP contribution in [0.2, 0.25) is 0 Å². The maximum Gasteiger partial charge on any atom is 0.343 e. The third-order valence-electron chi connectivity index (χ3n) is 5.39. The third kappa shape index (κ3) is 4.33. The number of esters is 1. The fourth-order valence-electron chi connectivity index (χ4n) is 3.70. The van der Waals surface area contributed by atoms with E-state index in [4.69, 9.17) is 4.74 Å². The first-order valence-corrected chi connectivity index (χ1v) is 10.4. The number of piperazine rings is 1. The number of anilines is 1. The molecule has 0 atom stereocenters. The zero-order valence-electron chi connectivity index (χ0n) is 18.0. The van der Waals surface area contributed by atoms with Gasteiger partial charge in [-0.05, 0) is 13.0 Å². The highest BCUT2D eigenvalue weighted by Crippen LogP contribution is 2.18. The van der Waals surface area contributed by atoms with Crippen LogP contribution < -0.4 is 5.32 Å². The van der Waals surface area contributed by atoms with Gasteiger partial charge in [-0.3, -0.25) is 24.3 Å². The van der Waals surface area contributed by atoms with Gasteiger partial charge in [0.05, 0.1) is 24.9 Å². The van der Waals surface area contributed by atoms with Crippen molar-refractivity contribution in [1.29, 1.82) is 0 Å². The van der Waals surface area contributed by atoms with Gasteiger partial charge in [0.25, 0.3) is 5.91 Å². The van der Waals surface area contributed by atoms with E-state index in [1.165, 1.54) is 10.9 Å². The van der Waals surface area contributed by atoms with Crippen LogP contribution in [0.5, 0.6) is 0 Å². The summed E-state index contributed by atoms with van der Waals surface area (Å²) in [5.74, 6) is -0.626. The lowest BCUT2D eigenvalue weighted by atomic mass is 10.2. The number of hydrogen-bond donors (Lipinski definition) is 2. The number of benzene rings is 1. The van der Waals surface area contributed by atoms with Gasteiger partial charge in [0.1, 0.15) is 11.4 Å². The topological polar surface area (TPSA) is 125 Å². The van der Waals surface area contributed by atoms with Crippen LogP contribution in [0.4, 0.5) is 5.82 Å². The monoisotopic (exact) mass is 439 g/mol. The SMILES string of the molecule is CCOC(=O)c1cnn(C)c1NC(=O)CN1CCN(C(=O)c2n[nH]c3ccccc23)CC1. The molecule has 11 nitrogen and oxygen atoms in total. The summed E-state index contributed by atoms with van der Waals surface area (Å²) in [5.41, 5.74) is 1.45. The number of aryl methyl sites for hydroxylation is 1. The molecule has 11 heteroatoms. The summed E-state index contributed by atoms with van der Waals surface area (Å²) in [7, 11) is 1.64. The van der Waals surface area contributed by atoms with E-state index in [2.05, 4.69) is 20.6 Å². The van der Waals surface area contributed by atoms with Gasteiger partial charge in [0.15, 0.2) is 5.69 Å². The van der Waals surface area contributed by atoms with Crippen molar-refractivity contribution in [3.63, 3.8) is 0 Å². The van der Waals surface area contributed by atoms with E-state index in [9.17, 15) is 14.4 Å². The Morgan fingerprint density at radius 2 is 1.91 bits per heavy atom. The molecule has 2 amide bonds. The molecule has 1 saturated heterocycles. The number of carbonyl (C=O) groups excluding carboxylic acids is 3. The van der Waals surface area contributed by atoms with Gasteiger partial charge < -0.3 is 15.0 Å². The Morgan fingerprint density at radius 3 is 2.66 bits per heavy atom. The zero-order chi connectivity index (χ0) is 22.7. The number of nitrogens with zero attached hydrogens (tertiary/aromatic N) is 5. The normalized spacial score (nSPS) is 14.5. The fourth-order valence-corrected chi connectivity index (χ4v) is 3.70. The van der Waals surface area contributed by atoms with Gasteiger partial charge in [0.2, 0.25) is 5.91 Å². The van der Waals surface area contributed by atoms with E-state index in [-0.39, 0.29) is 30.5 Å². The van der Waals surface area contributed by atoms with Crippen LogP contribution >= 0.6 is 0 Å². The predicted molar refractivity (Wildman–Crippen MR) is 116 cm³/mol. The number of aromatic amines is 1. The Balaban J connectivity index is 1.33. The number of para-hydroxylation sites is 1. The van der Waals surface area contributed by atoms with Crippen molar-refractivity contribution in [2.45, 2.75) is 6.92 Å². The summed E-state index contributed by atoms with van der Waals surface area (Å²) >= 11 is 0. The molecule has 3 heterocycles. The molecular formula is C21H25N7O4. The summed E-state index contributed by atoms with van der Waals surface area (Å²) in [6.45, 7) is 4.18. The lowest BCUT2D eigenvalue weighted by molar-refractivity contribution is -0.117. The minimum absolute atomic E-state index is 0.125. The van der Waals surface area contributed by atoms with Crippen molar-refractivity contribution < 1.29 is 19.1 Å². The first kappa shape index (κ1) is 21.5. The number of ether oxygens (including phenoxy) is 1. The minimum atomic E-state index is -0.533. The number of fused-ring (bicyclic) bond motifs is 1. The highest BCUT2D eigenvalue weighted by Gasteiger charge is 2.26. The van der Waals surface area contributed by atoms with Crippen molar-refractivity contribution in [1.82, 2.24) is 29.8 Å². The van der Waals surface area contributed by atoms with Crippen molar-refractivity contribution in [3.8, 4) is 0 Å². The molecule has 1 fully saturated rings. The van der Waals surface area contributed by atoms with E-state index < -0.39 is 5.97 Å². The summed E-state index contributed by atoms with van der Waals surface area (Å²) in [5, 5.41) is 14.6. The minimum Gasteiger partial charge on any atom is -0.462 e. The van der Waals surface area contributed by atoms with Gasteiger partial charge in [-0.15, -0.1) is 0 Å². The third-order valence-corrected chi connectivity index (χ3v) is 5.39. The first-order chi connectivity index (χ1) is 15.5. The Kier molecular flexibility index (Phi) is 6.17. The molecule has 1 aliphatic heterocycles. The van der Waals surface area contributed by atoms with Crippen molar-refractivity contribution in [2.24, 2.45) is 7.05 Å². The molecule has 0 aliphatic carbocycles. The summed E-state index contributed by atoms with van der Waals surface area (Å²) < 4.78 is 6.43. The van der Waals surface area contributed by atoms with Gasteiger partial charge in [-0.25, -0.2) is 4.79 Å². The molecule has 0 unspecified atom stereocenters. The van der Waals surface area contributed by atoms with Crippen molar-refractivity contribution in [3.05, 3.63) is 41.7 Å². The fraction of sp³-hybridized carbons (Fsp3) is 0.381. The van der Waals surface area contributed by atoms with Gasteiger partial charge in [-0.1, -0.05) is 18.2 Å². The van der Waals surface area contributed by atoms with Gasteiger partial charge in [-0.2, -0.15) is 10.2 Å². The Bertz CT molecular complexity index is 1140. The average Bonchev–Trinajstić information content (AvgIpc) is 3.38. The van der Waals surface area contributed by atoms with Crippen LogP contribution in [0.1, 0.15) is 27.8 Å². The molecule has 0 saturated carbocycles. The number of hydrogen-bond acceptors (Lipinski definition) is 7. The largest absolute Gasteiger partial charge is 0.462 e. The Hall–Kier alpha value is -3.73. The molecule has 0 radical (unpaired) electrons. The highest BCUT2D eigenvalue weighted by atomic mass is 16.5. The average molecular weight is 439 g/mol. The van der Waals surface area contributed by atoms with Crippen molar-refractivity contribution in [2.75, 3.05) is 44.6 Å².